The molecule has 0 bridgehead atoms. The first-order chi connectivity index (χ1) is 11.7. The van der Waals surface area contributed by atoms with Crippen LogP contribution in [0.5, 0.6) is 0 Å². The summed E-state index contributed by atoms with van der Waals surface area (Å²) in [5, 5.41) is 9.15. The molecule has 0 saturated carbocycles. The molecule has 24 heavy (non-hydrogen) atoms. The van der Waals surface area contributed by atoms with E-state index in [-0.39, 0.29) is 5.82 Å². The second kappa shape index (κ2) is 6.20. The Kier molecular flexibility index (Phi) is 3.90. The zero-order valence-corrected chi connectivity index (χ0v) is 13.6. The van der Waals surface area contributed by atoms with Crippen LogP contribution in [0.25, 0.3) is 16.5 Å². The number of aryl methyl sites for hydroxylation is 1. The van der Waals surface area contributed by atoms with E-state index in [9.17, 15) is 4.39 Å². The Hall–Kier alpha value is -2.47. The van der Waals surface area contributed by atoms with Crippen LogP contribution in [0.2, 0.25) is 0 Å². The predicted molar refractivity (Wildman–Crippen MR) is 89.8 cm³/mol. The van der Waals surface area contributed by atoms with Gasteiger partial charge in [-0.25, -0.2) is 4.39 Å². The summed E-state index contributed by atoms with van der Waals surface area (Å²) in [6, 6.07) is 4.89. The summed E-state index contributed by atoms with van der Waals surface area (Å²) in [6.07, 6.45) is 5.90. The third kappa shape index (κ3) is 2.85. The highest BCUT2D eigenvalue weighted by Crippen LogP contribution is 2.29. The zero-order chi connectivity index (χ0) is 16.5. The normalized spacial score (nSPS) is 15.8. The fourth-order valence-electron chi connectivity index (χ4n) is 3.15. The van der Waals surface area contributed by atoms with E-state index in [0.29, 0.717) is 18.3 Å². The molecule has 5 nitrogen and oxygen atoms in total. The van der Waals surface area contributed by atoms with Gasteiger partial charge in [0.1, 0.15) is 5.82 Å². The molecular weight excluding hydrogens is 307 g/mol. The maximum Gasteiger partial charge on any atom is 0.230 e. The van der Waals surface area contributed by atoms with Gasteiger partial charge in [-0.15, -0.1) is 10.2 Å². The van der Waals surface area contributed by atoms with Crippen LogP contribution in [0, 0.1) is 5.82 Å². The average molecular weight is 326 g/mol. The molecule has 0 radical (unpaired) electrons. The molecular formula is C18H19FN4O. The summed E-state index contributed by atoms with van der Waals surface area (Å²) >= 11 is 0. The van der Waals surface area contributed by atoms with Crippen LogP contribution >= 0.6 is 0 Å². The Labute approximate surface area is 139 Å². The molecule has 0 unspecified atom stereocenters. The third-order valence-corrected chi connectivity index (χ3v) is 4.45. The minimum atomic E-state index is -0.217. The number of rotatable bonds is 4. The summed E-state index contributed by atoms with van der Waals surface area (Å²) in [4.78, 5) is 5.44. The molecule has 3 aromatic rings. The van der Waals surface area contributed by atoms with Gasteiger partial charge in [-0.05, 0) is 30.2 Å². The van der Waals surface area contributed by atoms with E-state index < -0.39 is 0 Å². The minimum absolute atomic E-state index is 0.217. The Morgan fingerprint density at radius 1 is 1.29 bits per heavy atom. The molecule has 2 aromatic heterocycles. The van der Waals surface area contributed by atoms with Gasteiger partial charge in [0.2, 0.25) is 11.8 Å². The lowest BCUT2D eigenvalue weighted by atomic mass is 9.99. The maximum atomic E-state index is 13.3. The summed E-state index contributed by atoms with van der Waals surface area (Å²) in [7, 11) is 0. The van der Waals surface area contributed by atoms with Crippen molar-refractivity contribution in [2.75, 3.05) is 13.1 Å². The van der Waals surface area contributed by atoms with Crippen molar-refractivity contribution < 1.29 is 8.81 Å². The molecule has 0 aliphatic carbocycles. The first kappa shape index (κ1) is 15.1. The van der Waals surface area contributed by atoms with Gasteiger partial charge in [0.15, 0.2) is 0 Å². The number of aromatic amines is 1. The Bertz CT molecular complexity index is 895. The third-order valence-electron chi connectivity index (χ3n) is 4.45. The van der Waals surface area contributed by atoms with Crippen molar-refractivity contribution in [1.82, 2.24) is 20.1 Å². The molecule has 124 valence electrons. The van der Waals surface area contributed by atoms with Crippen LogP contribution in [-0.2, 0) is 13.0 Å². The van der Waals surface area contributed by atoms with E-state index >= 15 is 0 Å². The van der Waals surface area contributed by atoms with Gasteiger partial charge in [-0.2, -0.15) is 0 Å². The lowest BCUT2D eigenvalue weighted by Gasteiger charge is -2.24. The van der Waals surface area contributed by atoms with Crippen molar-refractivity contribution in [2.24, 2.45) is 0 Å². The van der Waals surface area contributed by atoms with Gasteiger partial charge in [-0.1, -0.05) is 13.0 Å². The highest BCUT2D eigenvalue weighted by Gasteiger charge is 2.17. The Balaban J connectivity index is 1.49. The lowest BCUT2D eigenvalue weighted by molar-refractivity contribution is 0.259. The van der Waals surface area contributed by atoms with Crippen LogP contribution in [-0.4, -0.2) is 33.2 Å². The molecule has 0 atom stereocenters. The second-order valence-corrected chi connectivity index (χ2v) is 6.05. The minimum Gasteiger partial charge on any atom is -0.424 e. The summed E-state index contributed by atoms with van der Waals surface area (Å²) in [6.45, 7) is 4.45. The van der Waals surface area contributed by atoms with Gasteiger partial charge in [0.25, 0.3) is 0 Å². The molecule has 4 rings (SSSR count). The van der Waals surface area contributed by atoms with E-state index in [2.05, 4.69) is 26.2 Å². The second-order valence-electron chi connectivity index (χ2n) is 6.05. The summed E-state index contributed by atoms with van der Waals surface area (Å²) < 4.78 is 18.9. The quantitative estimate of drug-likeness (QED) is 0.797. The van der Waals surface area contributed by atoms with E-state index in [1.807, 2.05) is 19.2 Å². The molecule has 0 fully saturated rings. The summed E-state index contributed by atoms with van der Waals surface area (Å²) in [5.74, 6) is 1.14. The van der Waals surface area contributed by atoms with E-state index in [0.717, 1.165) is 42.4 Å². The van der Waals surface area contributed by atoms with Crippen molar-refractivity contribution >= 4 is 16.5 Å². The van der Waals surface area contributed by atoms with Crippen molar-refractivity contribution in [2.45, 2.75) is 26.3 Å². The van der Waals surface area contributed by atoms with Gasteiger partial charge in [0, 0.05) is 42.2 Å². The Morgan fingerprint density at radius 2 is 2.17 bits per heavy atom. The summed E-state index contributed by atoms with van der Waals surface area (Å²) in [5.41, 5.74) is 3.30. The van der Waals surface area contributed by atoms with Crippen molar-refractivity contribution in [3.05, 3.63) is 53.6 Å². The van der Waals surface area contributed by atoms with Crippen molar-refractivity contribution in [3.8, 4) is 0 Å². The number of nitrogens with zero attached hydrogens (tertiary/aromatic N) is 3. The standard InChI is InChI=1S/C18H19FN4O/c1-2-17-21-22-18(24-17)11-23-7-5-12(6-8-23)15-10-20-16-9-13(19)3-4-14(15)16/h3-5,9-10,20H,2,6-8,11H2,1H3. The van der Waals surface area contributed by atoms with Gasteiger partial charge in [-0.3, -0.25) is 4.90 Å². The fourth-order valence-corrected chi connectivity index (χ4v) is 3.15. The lowest BCUT2D eigenvalue weighted by Crippen LogP contribution is -2.28. The van der Waals surface area contributed by atoms with E-state index in [1.165, 1.54) is 17.7 Å². The average Bonchev–Trinajstić information content (AvgIpc) is 3.22. The molecule has 6 heteroatoms. The number of H-pyrrole nitrogens is 1. The SMILES string of the molecule is CCc1nnc(CN2CC=C(c3c[nH]c4cc(F)ccc34)CC2)o1. The Morgan fingerprint density at radius 3 is 2.92 bits per heavy atom. The zero-order valence-electron chi connectivity index (χ0n) is 13.6. The van der Waals surface area contributed by atoms with Crippen LogP contribution in [0.4, 0.5) is 4.39 Å². The molecule has 0 amide bonds. The molecule has 0 spiro atoms. The molecule has 1 N–H and O–H groups in total. The molecule has 0 saturated heterocycles. The van der Waals surface area contributed by atoms with Crippen LogP contribution in [0.1, 0.15) is 30.7 Å². The van der Waals surface area contributed by atoms with Crippen LogP contribution in [0.3, 0.4) is 0 Å². The van der Waals surface area contributed by atoms with E-state index in [1.54, 1.807) is 0 Å². The topological polar surface area (TPSA) is 58.0 Å². The van der Waals surface area contributed by atoms with Crippen LogP contribution < -0.4 is 0 Å². The van der Waals surface area contributed by atoms with Crippen molar-refractivity contribution in [3.63, 3.8) is 0 Å². The number of fused-ring (bicyclic) bond motifs is 1. The largest absolute Gasteiger partial charge is 0.424 e. The number of nitrogens with one attached hydrogen (secondary N) is 1. The number of hydrogen-bond donors (Lipinski definition) is 1. The highest BCUT2D eigenvalue weighted by molar-refractivity contribution is 5.92. The smallest absolute Gasteiger partial charge is 0.230 e. The fraction of sp³-hybridized carbons (Fsp3) is 0.333. The molecule has 3 heterocycles. The van der Waals surface area contributed by atoms with E-state index in [4.69, 9.17) is 4.42 Å². The van der Waals surface area contributed by atoms with Gasteiger partial charge < -0.3 is 9.40 Å². The number of benzene rings is 1. The highest BCUT2D eigenvalue weighted by atomic mass is 19.1. The monoisotopic (exact) mass is 326 g/mol. The number of halogens is 1. The van der Waals surface area contributed by atoms with Crippen LogP contribution in [0.15, 0.2) is 34.9 Å². The van der Waals surface area contributed by atoms with Gasteiger partial charge >= 0.3 is 0 Å². The first-order valence-electron chi connectivity index (χ1n) is 8.22. The first-order valence-corrected chi connectivity index (χ1v) is 8.22. The number of aromatic nitrogens is 3. The van der Waals surface area contributed by atoms with Crippen molar-refractivity contribution in [1.29, 1.82) is 0 Å². The van der Waals surface area contributed by atoms with Gasteiger partial charge in [0.05, 0.1) is 6.54 Å². The predicted octanol–water partition coefficient (Wildman–Crippen LogP) is 3.54. The number of hydrogen-bond acceptors (Lipinski definition) is 4. The molecule has 1 aliphatic heterocycles. The molecule has 1 aliphatic rings. The molecule has 1 aromatic carbocycles. The maximum absolute atomic E-state index is 13.3.